The highest BCUT2D eigenvalue weighted by Gasteiger charge is 2.17. The van der Waals surface area contributed by atoms with E-state index in [2.05, 4.69) is 26.0 Å². The molecular weight excluding hydrogens is 420 g/mol. The van der Waals surface area contributed by atoms with E-state index in [-0.39, 0.29) is 17.9 Å². The minimum atomic E-state index is -0.342. The summed E-state index contributed by atoms with van der Waals surface area (Å²) in [6.45, 7) is 6.39. The number of carbonyl (C=O) groups excluding carboxylic acids is 2. The molecule has 0 heterocycles. The van der Waals surface area contributed by atoms with Crippen LogP contribution in [0.2, 0.25) is 0 Å². The highest BCUT2D eigenvalue weighted by atomic mass is 16.6. The largest absolute Gasteiger partial charge is 0.393 e. The molecule has 0 spiro atoms. The van der Waals surface area contributed by atoms with Crippen molar-refractivity contribution < 1.29 is 14.3 Å². The zero-order chi connectivity index (χ0) is 25.1. The van der Waals surface area contributed by atoms with Crippen molar-refractivity contribution >= 4 is 11.9 Å². The number of rotatable bonds is 25. The molecule has 0 radical (unpaired) electrons. The molecule has 0 saturated heterocycles. The van der Waals surface area contributed by atoms with E-state index in [4.69, 9.17) is 4.74 Å². The van der Waals surface area contributed by atoms with Crippen molar-refractivity contribution in [3.63, 3.8) is 0 Å². The van der Waals surface area contributed by atoms with Gasteiger partial charge >= 0.3 is 11.9 Å². The minimum Gasteiger partial charge on any atom is -0.393 e. The van der Waals surface area contributed by atoms with Crippen molar-refractivity contribution in [1.82, 2.24) is 0 Å². The van der Waals surface area contributed by atoms with E-state index in [0.29, 0.717) is 6.42 Å². The SMILES string of the molecule is CCCCCCCC/C=C\CCCCCCCC(=O)OC(=O)C(C)CCCCCCCCCC. The average molecular weight is 479 g/mol. The lowest BCUT2D eigenvalue weighted by Crippen LogP contribution is -2.19. The molecule has 3 heteroatoms. The van der Waals surface area contributed by atoms with Crippen LogP contribution in [0.25, 0.3) is 0 Å². The molecule has 1 unspecified atom stereocenters. The number of allylic oxidation sites excluding steroid dienone is 2. The van der Waals surface area contributed by atoms with Crippen LogP contribution in [0.15, 0.2) is 12.2 Å². The Balaban J connectivity index is 3.48. The fourth-order valence-electron chi connectivity index (χ4n) is 4.31. The molecule has 200 valence electrons. The Morgan fingerprint density at radius 1 is 0.588 bits per heavy atom. The topological polar surface area (TPSA) is 43.4 Å². The van der Waals surface area contributed by atoms with Crippen molar-refractivity contribution in [2.24, 2.45) is 5.92 Å². The molecule has 0 aromatic rings. The van der Waals surface area contributed by atoms with E-state index in [1.54, 1.807) is 0 Å². The van der Waals surface area contributed by atoms with Gasteiger partial charge in [-0.1, -0.05) is 136 Å². The van der Waals surface area contributed by atoms with Crippen LogP contribution < -0.4 is 0 Å². The summed E-state index contributed by atoms with van der Waals surface area (Å²) >= 11 is 0. The van der Waals surface area contributed by atoms with Gasteiger partial charge in [-0.15, -0.1) is 0 Å². The maximum atomic E-state index is 12.1. The molecule has 0 aromatic carbocycles. The van der Waals surface area contributed by atoms with Crippen molar-refractivity contribution in [3.05, 3.63) is 12.2 Å². The molecule has 0 bridgehead atoms. The lowest BCUT2D eigenvalue weighted by Gasteiger charge is -2.10. The molecule has 34 heavy (non-hydrogen) atoms. The number of unbranched alkanes of at least 4 members (excludes halogenated alkanes) is 18. The van der Waals surface area contributed by atoms with Crippen LogP contribution in [-0.4, -0.2) is 11.9 Å². The second-order valence-electron chi connectivity index (χ2n) is 10.3. The van der Waals surface area contributed by atoms with Gasteiger partial charge in [0.05, 0.1) is 5.92 Å². The van der Waals surface area contributed by atoms with E-state index < -0.39 is 0 Å². The molecule has 0 aromatic heterocycles. The number of hydrogen-bond donors (Lipinski definition) is 0. The van der Waals surface area contributed by atoms with Crippen molar-refractivity contribution in [1.29, 1.82) is 0 Å². The van der Waals surface area contributed by atoms with Crippen molar-refractivity contribution in [3.8, 4) is 0 Å². The number of ether oxygens (including phenoxy) is 1. The molecule has 0 aliphatic rings. The van der Waals surface area contributed by atoms with E-state index in [0.717, 1.165) is 32.1 Å². The standard InChI is InChI=1S/C31H58O3/c1-4-6-8-10-12-14-15-16-17-18-19-20-22-24-26-28-30(32)34-31(33)29(3)27-25-23-21-13-11-9-7-5-2/h16-17,29H,4-15,18-28H2,1-3H3/b17-16-. The van der Waals surface area contributed by atoms with Crippen LogP contribution in [0.5, 0.6) is 0 Å². The van der Waals surface area contributed by atoms with Crippen LogP contribution in [-0.2, 0) is 14.3 Å². The van der Waals surface area contributed by atoms with Gasteiger partial charge in [0, 0.05) is 6.42 Å². The Bertz CT molecular complexity index is 483. The van der Waals surface area contributed by atoms with Crippen molar-refractivity contribution in [2.45, 2.75) is 168 Å². The lowest BCUT2D eigenvalue weighted by atomic mass is 10.0. The quantitative estimate of drug-likeness (QED) is 0.0567. The molecule has 1 atom stereocenters. The summed E-state index contributed by atoms with van der Waals surface area (Å²) in [4.78, 5) is 24.0. The van der Waals surface area contributed by atoms with Gasteiger partial charge in [-0.05, 0) is 38.5 Å². The van der Waals surface area contributed by atoms with Gasteiger partial charge < -0.3 is 4.74 Å². The maximum absolute atomic E-state index is 12.1. The average Bonchev–Trinajstić information content (AvgIpc) is 2.83. The first-order chi connectivity index (χ1) is 16.6. The molecule has 0 fully saturated rings. The van der Waals surface area contributed by atoms with E-state index in [9.17, 15) is 9.59 Å². The fourth-order valence-corrected chi connectivity index (χ4v) is 4.31. The summed E-state index contributed by atoms with van der Waals surface area (Å²) < 4.78 is 5.07. The smallest absolute Gasteiger partial charge is 0.316 e. The highest BCUT2D eigenvalue weighted by molar-refractivity contribution is 5.86. The third kappa shape index (κ3) is 24.0. The van der Waals surface area contributed by atoms with Crippen LogP contribution in [0.4, 0.5) is 0 Å². The first kappa shape index (κ1) is 32.9. The monoisotopic (exact) mass is 478 g/mol. The Labute approximate surface area is 212 Å². The Hall–Kier alpha value is -1.12. The zero-order valence-corrected chi connectivity index (χ0v) is 23.2. The summed E-state index contributed by atoms with van der Waals surface area (Å²) in [6.07, 6.45) is 32.0. The molecule has 0 amide bonds. The first-order valence-electron chi connectivity index (χ1n) is 15.0. The summed E-state index contributed by atoms with van der Waals surface area (Å²) in [7, 11) is 0. The predicted molar refractivity (Wildman–Crippen MR) is 147 cm³/mol. The van der Waals surface area contributed by atoms with Gasteiger partial charge in [-0.2, -0.15) is 0 Å². The fraction of sp³-hybridized carbons (Fsp3) is 0.871. The van der Waals surface area contributed by atoms with Crippen LogP contribution in [0.1, 0.15) is 168 Å². The first-order valence-corrected chi connectivity index (χ1v) is 15.0. The van der Waals surface area contributed by atoms with Gasteiger partial charge in [0.1, 0.15) is 0 Å². The number of hydrogen-bond acceptors (Lipinski definition) is 3. The molecule has 0 aliphatic heterocycles. The van der Waals surface area contributed by atoms with Gasteiger partial charge in [-0.25, -0.2) is 0 Å². The van der Waals surface area contributed by atoms with Crippen LogP contribution in [0, 0.1) is 5.92 Å². The summed E-state index contributed by atoms with van der Waals surface area (Å²) in [5.41, 5.74) is 0. The zero-order valence-electron chi connectivity index (χ0n) is 23.2. The predicted octanol–water partition coefficient (Wildman–Crippen LogP) is 10.3. The molecule has 0 N–H and O–H groups in total. The second-order valence-corrected chi connectivity index (χ2v) is 10.3. The molecular formula is C31H58O3. The Morgan fingerprint density at radius 3 is 1.50 bits per heavy atom. The third-order valence-electron chi connectivity index (χ3n) is 6.75. The van der Waals surface area contributed by atoms with E-state index in [1.165, 1.54) is 109 Å². The number of carbonyl (C=O) groups is 2. The van der Waals surface area contributed by atoms with Gasteiger partial charge in [-0.3, -0.25) is 9.59 Å². The molecule has 0 aliphatic carbocycles. The molecule has 0 saturated carbocycles. The highest BCUT2D eigenvalue weighted by Crippen LogP contribution is 2.15. The van der Waals surface area contributed by atoms with Gasteiger partial charge in [0.2, 0.25) is 0 Å². The van der Waals surface area contributed by atoms with E-state index >= 15 is 0 Å². The van der Waals surface area contributed by atoms with Crippen LogP contribution in [0.3, 0.4) is 0 Å². The maximum Gasteiger partial charge on any atom is 0.316 e. The summed E-state index contributed by atoms with van der Waals surface area (Å²) in [6, 6.07) is 0. The second kappa shape index (κ2) is 26.5. The summed E-state index contributed by atoms with van der Waals surface area (Å²) in [5.74, 6) is -0.843. The Morgan fingerprint density at radius 2 is 1.00 bits per heavy atom. The summed E-state index contributed by atoms with van der Waals surface area (Å²) in [5, 5.41) is 0. The van der Waals surface area contributed by atoms with E-state index in [1.807, 2.05) is 6.92 Å². The van der Waals surface area contributed by atoms with Crippen molar-refractivity contribution in [2.75, 3.05) is 0 Å². The molecule has 3 nitrogen and oxygen atoms in total. The lowest BCUT2D eigenvalue weighted by molar-refractivity contribution is -0.162. The minimum absolute atomic E-state index is 0.168. The third-order valence-corrected chi connectivity index (χ3v) is 6.75. The number of esters is 2. The normalized spacial score (nSPS) is 12.3. The van der Waals surface area contributed by atoms with Gasteiger partial charge in [0.15, 0.2) is 0 Å². The Kier molecular flexibility index (Phi) is 25.6. The van der Waals surface area contributed by atoms with Crippen LogP contribution >= 0.6 is 0 Å². The van der Waals surface area contributed by atoms with Gasteiger partial charge in [0.25, 0.3) is 0 Å². The molecule has 0 rings (SSSR count).